The monoisotopic (exact) mass is 152 g/mol. The average Bonchev–Trinajstić information content (AvgIpc) is 2.41. The van der Waals surface area contributed by atoms with Crippen LogP contribution >= 0.6 is 0 Å². The Morgan fingerprint density at radius 1 is 1.45 bits per heavy atom. The van der Waals surface area contributed by atoms with Crippen LogP contribution in [-0.4, -0.2) is 12.1 Å². The summed E-state index contributed by atoms with van der Waals surface area (Å²) in [5, 5.41) is 0. The van der Waals surface area contributed by atoms with Crippen molar-refractivity contribution < 1.29 is 9.53 Å². The fourth-order valence-electron chi connectivity index (χ4n) is 3.29. The first-order valence-electron chi connectivity index (χ1n) is 4.38. The maximum absolute atomic E-state index is 11.2. The molecule has 0 radical (unpaired) electrons. The molecule has 1 saturated heterocycles. The molecule has 2 saturated carbocycles. The van der Waals surface area contributed by atoms with Crippen molar-refractivity contribution >= 4 is 5.97 Å². The molecule has 1 aliphatic heterocycles. The molecule has 0 aromatic rings. The van der Waals surface area contributed by atoms with Crippen molar-refractivity contribution in [3.63, 3.8) is 0 Å². The predicted octanol–water partition coefficient (Wildman–Crippen LogP) is 1.35. The molecule has 0 aromatic carbocycles. The van der Waals surface area contributed by atoms with Gasteiger partial charge in [0.05, 0.1) is 5.92 Å². The van der Waals surface area contributed by atoms with Gasteiger partial charge >= 0.3 is 5.97 Å². The van der Waals surface area contributed by atoms with Crippen LogP contribution in [-0.2, 0) is 9.53 Å². The highest BCUT2D eigenvalue weighted by atomic mass is 16.6. The first-order valence-corrected chi connectivity index (χ1v) is 4.38. The molecule has 4 atom stereocenters. The maximum atomic E-state index is 11.2. The highest BCUT2D eigenvalue weighted by Crippen LogP contribution is 2.61. The molecule has 2 bridgehead atoms. The average molecular weight is 152 g/mol. The maximum Gasteiger partial charge on any atom is 0.309 e. The van der Waals surface area contributed by atoms with Gasteiger partial charge in [0.1, 0.15) is 6.10 Å². The molecule has 0 aromatic heterocycles. The van der Waals surface area contributed by atoms with Gasteiger partial charge in [-0.05, 0) is 24.7 Å². The van der Waals surface area contributed by atoms with Crippen molar-refractivity contribution in [1.29, 1.82) is 0 Å². The highest BCUT2D eigenvalue weighted by molar-refractivity contribution is 5.76. The molecule has 2 nitrogen and oxygen atoms in total. The van der Waals surface area contributed by atoms with Crippen molar-refractivity contribution in [3.05, 3.63) is 0 Å². The molecular formula is C9H12O2. The summed E-state index contributed by atoms with van der Waals surface area (Å²) in [6, 6.07) is 0. The van der Waals surface area contributed by atoms with E-state index >= 15 is 0 Å². The first kappa shape index (κ1) is 6.04. The molecule has 2 aliphatic carbocycles. The van der Waals surface area contributed by atoms with Crippen LogP contribution in [0.15, 0.2) is 0 Å². The van der Waals surface area contributed by atoms with Gasteiger partial charge in [0.15, 0.2) is 0 Å². The van der Waals surface area contributed by atoms with Gasteiger partial charge in [-0.2, -0.15) is 0 Å². The lowest BCUT2D eigenvalue weighted by Crippen LogP contribution is -2.19. The van der Waals surface area contributed by atoms with Crippen LogP contribution in [0.5, 0.6) is 0 Å². The zero-order valence-electron chi connectivity index (χ0n) is 6.67. The van der Waals surface area contributed by atoms with Gasteiger partial charge < -0.3 is 4.74 Å². The molecule has 60 valence electrons. The fourth-order valence-corrected chi connectivity index (χ4v) is 3.29. The fraction of sp³-hybridized carbons (Fsp3) is 0.889. The number of esters is 1. The largest absolute Gasteiger partial charge is 0.462 e. The molecule has 3 aliphatic rings. The zero-order valence-corrected chi connectivity index (χ0v) is 6.67. The molecular weight excluding hydrogens is 140 g/mol. The lowest BCUT2D eigenvalue weighted by Gasteiger charge is -2.21. The van der Waals surface area contributed by atoms with E-state index in [9.17, 15) is 4.79 Å². The van der Waals surface area contributed by atoms with E-state index in [2.05, 4.69) is 6.92 Å². The Bertz CT molecular complexity index is 232. The van der Waals surface area contributed by atoms with E-state index in [1.54, 1.807) is 0 Å². The van der Waals surface area contributed by atoms with Gasteiger partial charge in [-0.15, -0.1) is 0 Å². The Hall–Kier alpha value is -0.530. The van der Waals surface area contributed by atoms with Crippen molar-refractivity contribution in [2.24, 2.45) is 17.3 Å². The molecule has 11 heavy (non-hydrogen) atoms. The zero-order chi connectivity index (χ0) is 7.64. The second kappa shape index (κ2) is 1.47. The number of carbonyl (C=O) groups excluding carboxylic acids is 1. The summed E-state index contributed by atoms with van der Waals surface area (Å²) in [5.41, 5.74) is 0.451. The van der Waals surface area contributed by atoms with Gasteiger partial charge in [-0.1, -0.05) is 6.92 Å². The molecule has 3 fully saturated rings. The predicted molar refractivity (Wildman–Crippen MR) is 38.8 cm³/mol. The normalized spacial score (nSPS) is 58.6. The number of hydrogen-bond acceptors (Lipinski definition) is 2. The minimum Gasteiger partial charge on any atom is -0.462 e. The van der Waals surface area contributed by atoms with Crippen LogP contribution in [0, 0.1) is 17.3 Å². The topological polar surface area (TPSA) is 26.3 Å². The Labute approximate surface area is 65.9 Å². The van der Waals surface area contributed by atoms with Crippen LogP contribution in [0.25, 0.3) is 0 Å². The second-order valence-electron chi connectivity index (χ2n) is 4.67. The van der Waals surface area contributed by atoms with Crippen molar-refractivity contribution in [2.75, 3.05) is 0 Å². The Kier molecular flexibility index (Phi) is 0.809. The second-order valence-corrected chi connectivity index (χ2v) is 4.67. The minimum atomic E-state index is 0.0845. The van der Waals surface area contributed by atoms with Crippen molar-refractivity contribution in [3.8, 4) is 0 Å². The summed E-state index contributed by atoms with van der Waals surface area (Å²) in [5.74, 6) is 0.951. The van der Waals surface area contributed by atoms with Gasteiger partial charge in [0, 0.05) is 5.92 Å². The van der Waals surface area contributed by atoms with Crippen LogP contribution in [0.3, 0.4) is 0 Å². The van der Waals surface area contributed by atoms with E-state index in [0.29, 0.717) is 17.4 Å². The van der Waals surface area contributed by atoms with E-state index in [-0.39, 0.29) is 11.9 Å². The van der Waals surface area contributed by atoms with Crippen LogP contribution in [0.4, 0.5) is 0 Å². The standard InChI is InChI=1S/C9H12O2/c1-9-2-5-6(3-9)8(10)11-7(5)4-9/h5-7H,2-4H2,1H3. The lowest BCUT2D eigenvalue weighted by atomic mass is 9.82. The van der Waals surface area contributed by atoms with E-state index in [4.69, 9.17) is 4.74 Å². The molecule has 1 heterocycles. The van der Waals surface area contributed by atoms with Crippen LogP contribution in [0.1, 0.15) is 26.2 Å². The van der Waals surface area contributed by atoms with E-state index in [0.717, 1.165) is 12.8 Å². The number of ether oxygens (including phenoxy) is 1. The third kappa shape index (κ3) is 0.569. The van der Waals surface area contributed by atoms with Crippen LogP contribution in [0.2, 0.25) is 0 Å². The Balaban J connectivity index is 2.06. The molecule has 4 unspecified atom stereocenters. The van der Waals surface area contributed by atoms with E-state index in [1.165, 1.54) is 6.42 Å². The SMILES string of the molecule is CC12CC3OC(=O)C(C1)C3C2. The quantitative estimate of drug-likeness (QED) is 0.490. The molecule has 3 rings (SSSR count). The number of hydrogen-bond donors (Lipinski definition) is 0. The van der Waals surface area contributed by atoms with E-state index < -0.39 is 0 Å². The minimum absolute atomic E-state index is 0.0845. The third-order valence-electron chi connectivity index (χ3n) is 3.70. The molecule has 0 N–H and O–H groups in total. The van der Waals surface area contributed by atoms with Crippen molar-refractivity contribution in [2.45, 2.75) is 32.3 Å². The summed E-state index contributed by atoms with van der Waals surface area (Å²) < 4.78 is 5.27. The number of rotatable bonds is 0. The lowest BCUT2D eigenvalue weighted by molar-refractivity contribution is -0.143. The Morgan fingerprint density at radius 3 is 2.82 bits per heavy atom. The smallest absolute Gasteiger partial charge is 0.309 e. The van der Waals surface area contributed by atoms with Gasteiger partial charge in [-0.3, -0.25) is 4.79 Å². The first-order chi connectivity index (χ1) is 5.18. The summed E-state index contributed by atoms with van der Waals surface area (Å²) in [6.45, 7) is 2.29. The molecule has 0 amide bonds. The Morgan fingerprint density at radius 2 is 2.27 bits per heavy atom. The number of fused-ring (bicyclic) bond motifs is 1. The number of carbonyl (C=O) groups is 1. The summed E-state index contributed by atoms with van der Waals surface area (Å²) in [7, 11) is 0. The van der Waals surface area contributed by atoms with E-state index in [1.807, 2.05) is 0 Å². The van der Waals surface area contributed by atoms with Gasteiger partial charge in [-0.25, -0.2) is 0 Å². The van der Waals surface area contributed by atoms with Gasteiger partial charge in [0.25, 0.3) is 0 Å². The summed E-state index contributed by atoms with van der Waals surface area (Å²) >= 11 is 0. The summed E-state index contributed by atoms with van der Waals surface area (Å²) in [6.07, 6.45) is 3.74. The van der Waals surface area contributed by atoms with Crippen molar-refractivity contribution in [1.82, 2.24) is 0 Å². The molecule has 2 heteroatoms. The van der Waals surface area contributed by atoms with Gasteiger partial charge in [0.2, 0.25) is 0 Å². The third-order valence-corrected chi connectivity index (χ3v) is 3.70. The molecule has 0 spiro atoms. The van der Waals surface area contributed by atoms with Crippen LogP contribution < -0.4 is 0 Å². The highest BCUT2D eigenvalue weighted by Gasteiger charge is 2.61. The summed E-state index contributed by atoms with van der Waals surface area (Å²) in [4.78, 5) is 11.2.